The van der Waals surface area contributed by atoms with Crippen molar-refractivity contribution in [3.05, 3.63) is 82.6 Å². The molecule has 0 atom stereocenters. The van der Waals surface area contributed by atoms with E-state index in [0.29, 0.717) is 42.3 Å². The van der Waals surface area contributed by atoms with Gasteiger partial charge in [0.25, 0.3) is 5.91 Å². The average Bonchev–Trinajstić information content (AvgIpc) is 3.34. The van der Waals surface area contributed by atoms with Crippen LogP contribution in [0.3, 0.4) is 0 Å². The van der Waals surface area contributed by atoms with E-state index in [-0.39, 0.29) is 23.7 Å². The van der Waals surface area contributed by atoms with Crippen molar-refractivity contribution >= 4 is 23.3 Å². The second-order valence-corrected chi connectivity index (χ2v) is 11.1. The lowest BCUT2D eigenvalue weighted by Gasteiger charge is -2.33. The highest BCUT2D eigenvalue weighted by molar-refractivity contribution is 6.11. The molecule has 1 N–H and O–H groups in total. The minimum atomic E-state index is -0.522. The second kappa shape index (κ2) is 11.0. The highest BCUT2D eigenvalue weighted by atomic mass is 16.6. The molecule has 0 spiro atoms. The number of likely N-dealkylation sites (tertiary alicyclic amines) is 1. The Morgan fingerprint density at radius 3 is 2.50 bits per heavy atom. The van der Waals surface area contributed by atoms with Gasteiger partial charge in [-0.1, -0.05) is 12.1 Å². The first kappa shape index (κ1) is 27.2. The molecule has 8 heteroatoms. The van der Waals surface area contributed by atoms with Crippen LogP contribution in [0.1, 0.15) is 72.3 Å². The molecule has 0 aliphatic carbocycles. The van der Waals surface area contributed by atoms with Crippen LogP contribution in [0.5, 0.6) is 0 Å². The average molecular weight is 540 g/mol. The minimum Gasteiger partial charge on any atom is -0.450 e. The van der Waals surface area contributed by atoms with Crippen LogP contribution in [0.15, 0.2) is 59.0 Å². The van der Waals surface area contributed by atoms with E-state index in [2.05, 4.69) is 23.5 Å². The quantitative estimate of drug-likeness (QED) is 0.402. The summed E-state index contributed by atoms with van der Waals surface area (Å²) in [5.41, 5.74) is 5.08. The summed E-state index contributed by atoms with van der Waals surface area (Å²) >= 11 is 0. The molecular formula is C32H33N3O5. The van der Waals surface area contributed by atoms with Crippen molar-refractivity contribution in [1.82, 2.24) is 4.90 Å². The van der Waals surface area contributed by atoms with Crippen LogP contribution in [-0.2, 0) is 9.47 Å². The molecule has 0 bridgehead atoms. The SMILES string of the molecule is COC/C=C1\c2cc(C3CCN(C(=O)OC(C)(C)C)CC3)ccc2NC(=O)c2oc(-c3ccc(C#N)cc3)cc21. The summed E-state index contributed by atoms with van der Waals surface area (Å²) < 4.78 is 17.0. The van der Waals surface area contributed by atoms with Crippen molar-refractivity contribution in [3.8, 4) is 17.4 Å². The largest absolute Gasteiger partial charge is 0.450 e. The number of fused-ring (bicyclic) bond motifs is 2. The number of carbonyl (C=O) groups is 2. The number of nitrogens with one attached hydrogen (secondary N) is 1. The molecule has 0 saturated carbocycles. The Balaban J connectivity index is 1.46. The lowest BCUT2D eigenvalue weighted by molar-refractivity contribution is 0.0204. The Labute approximate surface area is 234 Å². The van der Waals surface area contributed by atoms with Crippen LogP contribution < -0.4 is 5.32 Å². The van der Waals surface area contributed by atoms with E-state index in [1.807, 2.05) is 51.1 Å². The van der Waals surface area contributed by atoms with E-state index in [4.69, 9.17) is 19.2 Å². The summed E-state index contributed by atoms with van der Waals surface area (Å²) in [6.45, 7) is 7.23. The summed E-state index contributed by atoms with van der Waals surface area (Å²) in [6.07, 6.45) is 3.33. The number of ether oxygens (including phenoxy) is 2. The number of hydrogen-bond donors (Lipinski definition) is 1. The molecule has 1 aromatic heterocycles. The van der Waals surface area contributed by atoms with Gasteiger partial charge in [-0.3, -0.25) is 4.79 Å². The van der Waals surface area contributed by atoms with Gasteiger partial charge in [-0.05, 0) is 93.1 Å². The molecule has 2 aliphatic heterocycles. The maximum absolute atomic E-state index is 13.3. The zero-order valence-electron chi connectivity index (χ0n) is 23.2. The van der Waals surface area contributed by atoms with E-state index >= 15 is 0 Å². The smallest absolute Gasteiger partial charge is 0.410 e. The van der Waals surface area contributed by atoms with Gasteiger partial charge in [-0.25, -0.2) is 4.79 Å². The topological polar surface area (TPSA) is 105 Å². The molecule has 5 rings (SSSR count). The summed E-state index contributed by atoms with van der Waals surface area (Å²) in [5.74, 6) is 0.715. The summed E-state index contributed by atoms with van der Waals surface area (Å²) in [4.78, 5) is 27.6. The minimum absolute atomic E-state index is 0.227. The molecule has 1 fully saturated rings. The molecule has 2 aromatic carbocycles. The van der Waals surface area contributed by atoms with E-state index in [0.717, 1.165) is 35.1 Å². The number of nitriles is 1. The van der Waals surface area contributed by atoms with Gasteiger partial charge in [0.15, 0.2) is 5.76 Å². The first-order valence-corrected chi connectivity index (χ1v) is 13.4. The number of rotatable bonds is 4. The van der Waals surface area contributed by atoms with Gasteiger partial charge in [0, 0.05) is 42.6 Å². The molecule has 0 radical (unpaired) electrons. The molecule has 1 saturated heterocycles. The summed E-state index contributed by atoms with van der Waals surface area (Å²) in [5, 5.41) is 12.1. The number of benzene rings is 2. The first-order chi connectivity index (χ1) is 19.2. The van der Waals surface area contributed by atoms with Crippen LogP contribution in [0.2, 0.25) is 0 Å². The number of hydrogen-bond acceptors (Lipinski definition) is 6. The fraction of sp³-hybridized carbons (Fsp3) is 0.344. The third-order valence-electron chi connectivity index (χ3n) is 7.18. The first-order valence-electron chi connectivity index (χ1n) is 13.4. The Morgan fingerprint density at radius 2 is 1.85 bits per heavy atom. The number of carbonyl (C=O) groups excluding carboxylic acids is 2. The van der Waals surface area contributed by atoms with E-state index in [1.54, 1.807) is 24.1 Å². The zero-order valence-corrected chi connectivity index (χ0v) is 23.2. The van der Waals surface area contributed by atoms with Crippen LogP contribution in [0.25, 0.3) is 16.9 Å². The van der Waals surface area contributed by atoms with Gasteiger partial charge < -0.3 is 24.1 Å². The van der Waals surface area contributed by atoms with Gasteiger partial charge in [-0.15, -0.1) is 0 Å². The lowest BCUT2D eigenvalue weighted by Crippen LogP contribution is -2.41. The van der Waals surface area contributed by atoms with Crippen molar-refractivity contribution in [2.24, 2.45) is 0 Å². The predicted octanol–water partition coefficient (Wildman–Crippen LogP) is 6.58. The molecule has 0 unspecified atom stereocenters. The second-order valence-electron chi connectivity index (χ2n) is 11.1. The Kier molecular flexibility index (Phi) is 7.51. The van der Waals surface area contributed by atoms with Gasteiger partial charge in [0.1, 0.15) is 11.4 Å². The van der Waals surface area contributed by atoms with Gasteiger partial charge in [-0.2, -0.15) is 5.26 Å². The molecule has 206 valence electrons. The van der Waals surface area contributed by atoms with Crippen molar-refractivity contribution in [1.29, 1.82) is 5.26 Å². The predicted molar refractivity (Wildman–Crippen MR) is 152 cm³/mol. The van der Waals surface area contributed by atoms with E-state index < -0.39 is 5.60 Å². The zero-order chi connectivity index (χ0) is 28.4. The van der Waals surface area contributed by atoms with Crippen LogP contribution in [0, 0.1) is 11.3 Å². The van der Waals surface area contributed by atoms with Crippen LogP contribution in [0.4, 0.5) is 10.5 Å². The van der Waals surface area contributed by atoms with E-state index in [1.165, 1.54) is 0 Å². The maximum Gasteiger partial charge on any atom is 0.410 e. The molecule has 3 aromatic rings. The Bertz CT molecular complexity index is 1500. The molecule has 2 aliphatic rings. The highest BCUT2D eigenvalue weighted by Gasteiger charge is 2.31. The van der Waals surface area contributed by atoms with Gasteiger partial charge in [0.05, 0.1) is 18.2 Å². The Morgan fingerprint density at radius 1 is 1.12 bits per heavy atom. The van der Waals surface area contributed by atoms with Crippen molar-refractivity contribution < 1.29 is 23.5 Å². The fourth-order valence-corrected chi connectivity index (χ4v) is 5.19. The Hall–Kier alpha value is -4.35. The summed E-state index contributed by atoms with van der Waals surface area (Å²) in [6, 6.07) is 17.2. The lowest BCUT2D eigenvalue weighted by atomic mass is 9.86. The monoisotopic (exact) mass is 539 g/mol. The highest BCUT2D eigenvalue weighted by Crippen LogP contribution is 2.41. The van der Waals surface area contributed by atoms with Crippen LogP contribution >= 0.6 is 0 Å². The van der Waals surface area contributed by atoms with E-state index in [9.17, 15) is 9.59 Å². The molecule has 3 heterocycles. The number of nitrogens with zero attached hydrogens (tertiary/aromatic N) is 2. The van der Waals surface area contributed by atoms with Crippen LogP contribution in [-0.4, -0.2) is 49.3 Å². The van der Waals surface area contributed by atoms with Crippen molar-refractivity contribution in [3.63, 3.8) is 0 Å². The standard InChI is InChI=1S/C32H33N3O5/c1-32(2,3)40-31(37)35-14-11-21(12-15-35)23-9-10-27-25(17-23)24(13-16-38-4)26-18-28(39-29(26)30(36)34-27)22-7-5-20(19-33)6-8-22/h5-10,13,17-18,21H,11-12,14-16H2,1-4H3,(H,34,36)/b24-13+. The van der Waals surface area contributed by atoms with Gasteiger partial charge >= 0.3 is 6.09 Å². The maximum atomic E-state index is 13.3. The third kappa shape index (κ3) is 5.65. The van der Waals surface area contributed by atoms with Crippen molar-refractivity contribution in [2.45, 2.75) is 45.1 Å². The molecule has 8 nitrogen and oxygen atoms in total. The fourth-order valence-electron chi connectivity index (χ4n) is 5.19. The van der Waals surface area contributed by atoms with Crippen molar-refractivity contribution in [2.75, 3.05) is 32.1 Å². The normalized spacial score (nSPS) is 16.5. The van der Waals surface area contributed by atoms with Gasteiger partial charge in [0.2, 0.25) is 0 Å². The number of methoxy groups -OCH3 is 1. The third-order valence-corrected chi connectivity index (χ3v) is 7.18. The molecular weight excluding hydrogens is 506 g/mol. The molecule has 40 heavy (non-hydrogen) atoms. The number of piperidine rings is 1. The number of furan rings is 1. The summed E-state index contributed by atoms with van der Waals surface area (Å²) in [7, 11) is 1.63. The number of anilines is 1. The molecule has 2 amide bonds. The number of amides is 2.